The third kappa shape index (κ3) is 2.60. The molecule has 0 amide bonds. The fourth-order valence-corrected chi connectivity index (χ4v) is 2.94. The number of hydrogen-bond acceptors (Lipinski definition) is 2. The van der Waals surface area contributed by atoms with Gasteiger partial charge in [0.2, 0.25) is 0 Å². The van der Waals surface area contributed by atoms with Gasteiger partial charge >= 0.3 is 0 Å². The van der Waals surface area contributed by atoms with Crippen molar-refractivity contribution in [1.82, 2.24) is 0 Å². The van der Waals surface area contributed by atoms with Crippen molar-refractivity contribution in [3.05, 3.63) is 57.8 Å². The van der Waals surface area contributed by atoms with Crippen molar-refractivity contribution < 1.29 is 8.78 Å². The van der Waals surface area contributed by atoms with Crippen LogP contribution in [0.25, 0.3) is 0 Å². The summed E-state index contributed by atoms with van der Waals surface area (Å²) in [5.41, 5.74) is 5.77. The highest BCUT2D eigenvalue weighted by atomic mass is 32.1. The van der Waals surface area contributed by atoms with Gasteiger partial charge in [0.1, 0.15) is 11.6 Å². The molecule has 1 atom stereocenters. The van der Waals surface area contributed by atoms with E-state index in [0.717, 1.165) is 10.9 Å². The Bertz CT molecular complexity index is 525. The van der Waals surface area contributed by atoms with Crippen LogP contribution in [0.15, 0.2) is 35.7 Å². The van der Waals surface area contributed by atoms with Crippen molar-refractivity contribution in [3.63, 3.8) is 0 Å². The fraction of sp³-hybridized carbons (Fsp3) is 0.286. The molecular formula is C14H15F2NS. The first kappa shape index (κ1) is 13.2. The Morgan fingerprint density at radius 2 is 2.06 bits per heavy atom. The number of rotatable bonds is 4. The average molecular weight is 267 g/mol. The molecule has 96 valence electrons. The molecule has 0 fully saturated rings. The topological polar surface area (TPSA) is 26.0 Å². The first-order valence-electron chi connectivity index (χ1n) is 5.73. The lowest BCUT2D eigenvalue weighted by molar-refractivity contribution is 0.449. The van der Waals surface area contributed by atoms with Crippen LogP contribution in [0.1, 0.15) is 17.4 Å². The summed E-state index contributed by atoms with van der Waals surface area (Å²) in [5, 5.41) is 1.98. The standard InChI is InChI=1S/C14H15F2NS/c1-14(9-17,8-11-3-2-6-18-11)12-5-4-10(15)7-13(12)16/h2-7H,8-9,17H2,1H3. The van der Waals surface area contributed by atoms with Gasteiger partial charge in [-0.15, -0.1) is 11.3 Å². The van der Waals surface area contributed by atoms with Crippen molar-refractivity contribution in [2.45, 2.75) is 18.8 Å². The van der Waals surface area contributed by atoms with E-state index >= 15 is 0 Å². The van der Waals surface area contributed by atoms with Crippen LogP contribution in [-0.2, 0) is 11.8 Å². The lowest BCUT2D eigenvalue weighted by atomic mass is 9.79. The van der Waals surface area contributed by atoms with E-state index in [9.17, 15) is 8.78 Å². The summed E-state index contributed by atoms with van der Waals surface area (Å²) in [7, 11) is 0. The Morgan fingerprint density at radius 1 is 1.28 bits per heavy atom. The van der Waals surface area contributed by atoms with Crippen molar-refractivity contribution in [2.75, 3.05) is 6.54 Å². The molecule has 0 bridgehead atoms. The van der Waals surface area contributed by atoms with Gasteiger partial charge in [0.25, 0.3) is 0 Å². The van der Waals surface area contributed by atoms with E-state index in [1.165, 1.54) is 12.1 Å². The van der Waals surface area contributed by atoms with Gasteiger partial charge in [-0.2, -0.15) is 0 Å². The quantitative estimate of drug-likeness (QED) is 0.901. The van der Waals surface area contributed by atoms with Gasteiger partial charge in [-0.05, 0) is 29.5 Å². The Labute approximate surface area is 109 Å². The molecule has 4 heteroatoms. The summed E-state index contributed by atoms with van der Waals surface area (Å²) in [6, 6.07) is 7.64. The van der Waals surface area contributed by atoms with Crippen LogP contribution in [0.2, 0.25) is 0 Å². The van der Waals surface area contributed by atoms with Gasteiger partial charge < -0.3 is 5.73 Å². The van der Waals surface area contributed by atoms with Gasteiger partial charge in [-0.3, -0.25) is 0 Å². The van der Waals surface area contributed by atoms with Crippen molar-refractivity contribution in [2.24, 2.45) is 5.73 Å². The predicted molar refractivity (Wildman–Crippen MR) is 70.8 cm³/mol. The molecule has 2 aromatic rings. The van der Waals surface area contributed by atoms with Crippen molar-refractivity contribution in [1.29, 1.82) is 0 Å². The van der Waals surface area contributed by atoms with Crippen LogP contribution in [0, 0.1) is 11.6 Å². The predicted octanol–water partition coefficient (Wildman–Crippen LogP) is 3.49. The van der Waals surface area contributed by atoms with Crippen LogP contribution >= 0.6 is 11.3 Å². The summed E-state index contributed by atoms with van der Waals surface area (Å²) < 4.78 is 26.8. The van der Waals surface area contributed by atoms with Crippen LogP contribution in [0.5, 0.6) is 0 Å². The number of hydrogen-bond donors (Lipinski definition) is 1. The number of halogens is 2. The zero-order valence-corrected chi connectivity index (χ0v) is 10.9. The number of benzene rings is 1. The molecular weight excluding hydrogens is 252 g/mol. The summed E-state index contributed by atoms with van der Waals surface area (Å²) in [5.74, 6) is -1.09. The molecule has 2 rings (SSSR count). The Morgan fingerprint density at radius 3 is 2.61 bits per heavy atom. The molecule has 1 nitrogen and oxygen atoms in total. The van der Waals surface area contributed by atoms with E-state index in [0.29, 0.717) is 18.5 Å². The van der Waals surface area contributed by atoms with Crippen LogP contribution < -0.4 is 5.73 Å². The highest BCUT2D eigenvalue weighted by Gasteiger charge is 2.29. The second-order valence-electron chi connectivity index (χ2n) is 4.65. The minimum Gasteiger partial charge on any atom is -0.330 e. The van der Waals surface area contributed by atoms with E-state index in [4.69, 9.17) is 5.73 Å². The average Bonchev–Trinajstić information content (AvgIpc) is 2.81. The van der Waals surface area contributed by atoms with E-state index in [1.807, 2.05) is 24.4 Å². The minimum absolute atomic E-state index is 0.313. The maximum absolute atomic E-state index is 13.9. The number of nitrogens with two attached hydrogens (primary N) is 1. The summed E-state index contributed by atoms with van der Waals surface area (Å²) in [6.07, 6.45) is 0.656. The first-order valence-corrected chi connectivity index (χ1v) is 6.61. The molecule has 0 saturated heterocycles. The highest BCUT2D eigenvalue weighted by molar-refractivity contribution is 7.09. The largest absolute Gasteiger partial charge is 0.330 e. The van der Waals surface area contributed by atoms with E-state index < -0.39 is 17.0 Å². The lowest BCUT2D eigenvalue weighted by Gasteiger charge is -2.28. The summed E-state index contributed by atoms with van der Waals surface area (Å²) in [6.45, 7) is 2.22. The second kappa shape index (κ2) is 5.16. The molecule has 1 aromatic heterocycles. The SMILES string of the molecule is CC(CN)(Cc1cccs1)c1ccc(F)cc1F. The Hall–Kier alpha value is -1.26. The second-order valence-corrected chi connectivity index (χ2v) is 5.68. The van der Waals surface area contributed by atoms with Gasteiger partial charge in [-0.25, -0.2) is 8.78 Å². The maximum Gasteiger partial charge on any atom is 0.129 e. The monoisotopic (exact) mass is 267 g/mol. The third-order valence-corrected chi connectivity index (χ3v) is 4.05. The first-order chi connectivity index (χ1) is 8.55. The van der Waals surface area contributed by atoms with Crippen LogP contribution in [-0.4, -0.2) is 6.54 Å². The van der Waals surface area contributed by atoms with Crippen LogP contribution in [0.3, 0.4) is 0 Å². The molecule has 0 aliphatic rings. The maximum atomic E-state index is 13.9. The molecule has 0 aliphatic carbocycles. The molecule has 18 heavy (non-hydrogen) atoms. The minimum atomic E-state index is -0.563. The molecule has 0 radical (unpaired) electrons. The molecule has 1 heterocycles. The van der Waals surface area contributed by atoms with Gasteiger partial charge in [0.05, 0.1) is 0 Å². The summed E-state index contributed by atoms with van der Waals surface area (Å²) >= 11 is 1.62. The normalized spacial score (nSPS) is 14.4. The molecule has 1 aromatic carbocycles. The van der Waals surface area contributed by atoms with Crippen LogP contribution in [0.4, 0.5) is 8.78 Å². The van der Waals surface area contributed by atoms with Gasteiger partial charge in [-0.1, -0.05) is 19.1 Å². The number of thiophene rings is 1. The Balaban J connectivity index is 2.36. The molecule has 0 spiro atoms. The van der Waals surface area contributed by atoms with Crippen molar-refractivity contribution in [3.8, 4) is 0 Å². The summed E-state index contributed by atoms with van der Waals surface area (Å²) in [4.78, 5) is 1.15. The molecule has 0 aliphatic heterocycles. The zero-order chi connectivity index (χ0) is 13.2. The van der Waals surface area contributed by atoms with E-state index in [2.05, 4.69) is 0 Å². The molecule has 2 N–H and O–H groups in total. The highest BCUT2D eigenvalue weighted by Crippen LogP contribution is 2.31. The fourth-order valence-electron chi connectivity index (χ4n) is 2.05. The van der Waals surface area contributed by atoms with Gasteiger partial charge in [0, 0.05) is 22.9 Å². The van der Waals surface area contributed by atoms with E-state index in [-0.39, 0.29) is 0 Å². The van der Waals surface area contributed by atoms with Gasteiger partial charge in [0.15, 0.2) is 0 Å². The molecule has 0 saturated carbocycles. The van der Waals surface area contributed by atoms with Crippen molar-refractivity contribution >= 4 is 11.3 Å². The van der Waals surface area contributed by atoms with E-state index in [1.54, 1.807) is 11.3 Å². The third-order valence-electron chi connectivity index (χ3n) is 3.18. The lowest BCUT2D eigenvalue weighted by Crippen LogP contribution is -2.35. The molecule has 1 unspecified atom stereocenters. The Kier molecular flexibility index (Phi) is 3.78. The smallest absolute Gasteiger partial charge is 0.129 e. The zero-order valence-electron chi connectivity index (χ0n) is 10.1.